The van der Waals surface area contributed by atoms with Gasteiger partial charge >= 0.3 is 0 Å². The third-order valence-corrected chi connectivity index (χ3v) is 2.14. The summed E-state index contributed by atoms with van der Waals surface area (Å²) < 4.78 is 25.7. The fourth-order valence-electron chi connectivity index (χ4n) is 1.47. The van der Waals surface area contributed by atoms with Crippen LogP contribution in [0, 0.1) is 0 Å². The lowest BCUT2D eigenvalue weighted by atomic mass is 10.2. The highest BCUT2D eigenvalue weighted by Gasteiger charge is 2.47. The number of nitrogens with zero attached hydrogens (tertiary/aromatic N) is 1. The Kier molecular flexibility index (Phi) is 10.5. The van der Waals surface area contributed by atoms with E-state index in [0.717, 1.165) is 4.90 Å². The van der Waals surface area contributed by atoms with Gasteiger partial charge in [-0.3, -0.25) is 4.79 Å². The molecule has 0 bridgehead atoms. The number of amides is 1. The molecule has 1 saturated heterocycles. The fourth-order valence-corrected chi connectivity index (χ4v) is 1.47. The summed E-state index contributed by atoms with van der Waals surface area (Å²) in [5.41, 5.74) is 5.27. The Hall–Kier alpha value is -1.04. The van der Waals surface area contributed by atoms with Crippen molar-refractivity contribution in [2.75, 3.05) is 6.54 Å². The minimum Gasteiger partial charge on any atom is -0.325 e. The van der Waals surface area contributed by atoms with Crippen molar-refractivity contribution in [3.05, 3.63) is 0 Å². The van der Waals surface area contributed by atoms with Crippen molar-refractivity contribution in [2.24, 2.45) is 5.73 Å². The summed E-state index contributed by atoms with van der Waals surface area (Å²) in [7, 11) is 0. The first-order valence-electron chi connectivity index (χ1n) is 6.68. The predicted molar refractivity (Wildman–Crippen MR) is 74.2 cm³/mol. The smallest absolute Gasteiger partial charge is 0.267 e. The molecule has 2 unspecified atom stereocenters. The monoisotopic (exact) mass is 282 g/mol. The number of carbonyl (C=O) groups excluding carboxylic acids is 2. The van der Waals surface area contributed by atoms with E-state index in [1.54, 1.807) is 0 Å². The summed E-state index contributed by atoms with van der Waals surface area (Å²) in [4.78, 5) is 22.6. The first kappa shape index (κ1) is 20.3. The standard InChI is InChI=1S/C8H12F2N2O2.C3H8.C2H6.H2/c1-5(11)7(14)12-4-8(9,10)2-6(12)3-13;1-3-2;1-2;/h3,5-6H,2,4,11H2,1H3;3H2,1-2H3;1-2H3;1H. The molecule has 1 fully saturated rings. The maximum absolute atomic E-state index is 12.9. The zero-order chi connectivity index (χ0) is 15.6. The van der Waals surface area contributed by atoms with Crippen molar-refractivity contribution in [3.8, 4) is 0 Å². The molecule has 1 rings (SSSR count). The number of aldehydes is 1. The lowest BCUT2D eigenvalue weighted by molar-refractivity contribution is -0.136. The lowest BCUT2D eigenvalue weighted by Gasteiger charge is -2.21. The molecule has 1 aliphatic rings. The minimum atomic E-state index is -2.98. The van der Waals surface area contributed by atoms with Crippen LogP contribution >= 0.6 is 0 Å². The summed E-state index contributed by atoms with van der Waals surface area (Å²) in [6.45, 7) is 8.94. The Morgan fingerprint density at radius 1 is 1.53 bits per heavy atom. The molecule has 0 radical (unpaired) electrons. The van der Waals surface area contributed by atoms with Crippen molar-refractivity contribution in [1.82, 2.24) is 4.90 Å². The van der Waals surface area contributed by atoms with Crippen molar-refractivity contribution in [3.63, 3.8) is 0 Å². The molecular weight excluding hydrogens is 254 g/mol. The van der Waals surface area contributed by atoms with Gasteiger partial charge in [0.1, 0.15) is 6.29 Å². The Bertz CT molecular complexity index is 277. The number of rotatable bonds is 2. The molecule has 1 amide bonds. The Balaban J connectivity index is -0.000000426. The second-order valence-electron chi connectivity index (χ2n) is 4.23. The third kappa shape index (κ3) is 7.20. The van der Waals surface area contributed by atoms with Gasteiger partial charge < -0.3 is 15.4 Å². The van der Waals surface area contributed by atoms with E-state index >= 15 is 0 Å². The van der Waals surface area contributed by atoms with Crippen LogP contribution in [0.3, 0.4) is 0 Å². The van der Waals surface area contributed by atoms with E-state index in [2.05, 4.69) is 13.8 Å². The number of nitrogens with two attached hydrogens (primary N) is 1. The van der Waals surface area contributed by atoms with Crippen LogP contribution in [-0.2, 0) is 9.59 Å². The summed E-state index contributed by atoms with van der Waals surface area (Å²) in [5, 5.41) is 0. The number of likely N-dealkylation sites (tertiary alicyclic amines) is 1. The van der Waals surface area contributed by atoms with Crippen molar-refractivity contribution in [1.29, 1.82) is 0 Å². The molecule has 0 aromatic heterocycles. The highest BCUT2D eigenvalue weighted by molar-refractivity contribution is 5.84. The average molecular weight is 282 g/mol. The second kappa shape index (κ2) is 9.83. The summed E-state index contributed by atoms with van der Waals surface area (Å²) in [6, 6.07) is -1.89. The quantitative estimate of drug-likeness (QED) is 0.791. The van der Waals surface area contributed by atoms with E-state index in [9.17, 15) is 18.4 Å². The number of carbonyl (C=O) groups is 2. The molecule has 0 saturated carbocycles. The molecule has 4 nitrogen and oxygen atoms in total. The van der Waals surface area contributed by atoms with Crippen LogP contribution in [0.25, 0.3) is 0 Å². The topological polar surface area (TPSA) is 63.4 Å². The predicted octanol–water partition coefficient (Wildman–Crippen LogP) is 2.46. The normalized spacial score (nSPS) is 21.5. The van der Waals surface area contributed by atoms with Gasteiger partial charge in [0.2, 0.25) is 5.91 Å². The zero-order valence-corrected chi connectivity index (χ0v) is 12.5. The van der Waals surface area contributed by atoms with Crippen LogP contribution in [0.1, 0.15) is 48.9 Å². The van der Waals surface area contributed by atoms with Gasteiger partial charge in [0.25, 0.3) is 5.92 Å². The molecule has 2 N–H and O–H groups in total. The molecule has 19 heavy (non-hydrogen) atoms. The summed E-state index contributed by atoms with van der Waals surface area (Å²) in [6.07, 6.45) is 1.01. The minimum absolute atomic E-state index is 0. The van der Waals surface area contributed by atoms with Crippen molar-refractivity contribution >= 4 is 12.2 Å². The van der Waals surface area contributed by atoms with Crippen molar-refractivity contribution in [2.45, 2.75) is 65.5 Å². The van der Waals surface area contributed by atoms with Crippen LogP contribution < -0.4 is 5.73 Å². The van der Waals surface area contributed by atoms with Gasteiger partial charge in [0, 0.05) is 7.85 Å². The first-order valence-corrected chi connectivity index (χ1v) is 6.68. The lowest BCUT2D eigenvalue weighted by Crippen LogP contribution is -2.45. The van der Waals surface area contributed by atoms with Crippen molar-refractivity contribution < 1.29 is 19.8 Å². The van der Waals surface area contributed by atoms with E-state index in [1.165, 1.54) is 13.3 Å². The average Bonchev–Trinajstić information content (AvgIpc) is 2.67. The molecule has 6 heteroatoms. The Morgan fingerprint density at radius 2 is 1.95 bits per heavy atom. The second-order valence-corrected chi connectivity index (χ2v) is 4.23. The Labute approximate surface area is 115 Å². The van der Waals surface area contributed by atoms with E-state index in [-0.39, 0.29) is 1.43 Å². The van der Waals surface area contributed by atoms with E-state index in [1.807, 2.05) is 13.8 Å². The van der Waals surface area contributed by atoms with Gasteiger partial charge in [0.05, 0.1) is 18.6 Å². The fraction of sp³-hybridized carbons (Fsp3) is 0.846. The molecule has 0 aromatic carbocycles. The number of hydrogen-bond donors (Lipinski definition) is 1. The SMILES string of the molecule is CC.CC(N)C(=O)N1CC(F)(F)CC1C=O.CCC.[HH]. The third-order valence-electron chi connectivity index (χ3n) is 2.14. The molecule has 0 aromatic rings. The maximum atomic E-state index is 12.9. The van der Waals surface area contributed by atoms with E-state index in [4.69, 9.17) is 5.73 Å². The summed E-state index contributed by atoms with van der Waals surface area (Å²) in [5.74, 6) is -3.59. The van der Waals surface area contributed by atoms with Crippen LogP contribution in [0.5, 0.6) is 0 Å². The summed E-state index contributed by atoms with van der Waals surface area (Å²) >= 11 is 0. The first-order chi connectivity index (χ1) is 8.79. The molecule has 116 valence electrons. The molecule has 0 spiro atoms. The van der Waals surface area contributed by atoms with Gasteiger partial charge in [-0.1, -0.05) is 34.1 Å². The maximum Gasteiger partial charge on any atom is 0.267 e. The van der Waals surface area contributed by atoms with Gasteiger partial charge in [-0.05, 0) is 6.92 Å². The number of hydrogen-bond acceptors (Lipinski definition) is 3. The Morgan fingerprint density at radius 3 is 2.26 bits per heavy atom. The molecule has 2 atom stereocenters. The van der Waals surface area contributed by atoms with E-state index < -0.39 is 36.9 Å². The number of alkyl halides is 2. The number of halogens is 2. The van der Waals surface area contributed by atoms with Gasteiger partial charge in [-0.2, -0.15) is 0 Å². The molecule has 1 aliphatic heterocycles. The van der Waals surface area contributed by atoms with E-state index in [0.29, 0.717) is 6.29 Å². The molecular formula is C13H28F2N2O2. The van der Waals surface area contributed by atoms with Crippen LogP contribution in [-0.4, -0.2) is 41.6 Å². The largest absolute Gasteiger partial charge is 0.325 e. The van der Waals surface area contributed by atoms with Gasteiger partial charge in [-0.15, -0.1) is 0 Å². The van der Waals surface area contributed by atoms with Gasteiger partial charge in [-0.25, -0.2) is 8.78 Å². The van der Waals surface area contributed by atoms with Crippen LogP contribution in [0.4, 0.5) is 8.78 Å². The molecule has 1 heterocycles. The highest BCUT2D eigenvalue weighted by Crippen LogP contribution is 2.31. The molecule has 0 aliphatic carbocycles. The zero-order valence-electron chi connectivity index (χ0n) is 12.5. The van der Waals surface area contributed by atoms with Crippen LogP contribution in [0.15, 0.2) is 0 Å². The highest BCUT2D eigenvalue weighted by atomic mass is 19.3. The van der Waals surface area contributed by atoms with Gasteiger partial charge in [0.15, 0.2) is 0 Å². The van der Waals surface area contributed by atoms with Crippen LogP contribution in [0.2, 0.25) is 0 Å².